The van der Waals surface area contributed by atoms with Crippen LogP contribution in [0.4, 0.5) is 14.0 Å². The minimum absolute atomic E-state index is 0.216. The smallest absolute Gasteiger partial charge is 0.428 e. The third kappa shape index (κ3) is 4.38. The van der Waals surface area contributed by atoms with Gasteiger partial charge in [0, 0.05) is 48.6 Å². The first-order chi connectivity index (χ1) is 12.8. The van der Waals surface area contributed by atoms with Crippen molar-refractivity contribution in [3.8, 4) is 0 Å². The lowest BCUT2D eigenvalue weighted by Crippen LogP contribution is -2.57. The van der Waals surface area contributed by atoms with Crippen molar-refractivity contribution in [3.05, 3.63) is 34.1 Å². The third-order valence-corrected chi connectivity index (χ3v) is 5.39. The van der Waals surface area contributed by atoms with Gasteiger partial charge in [0.25, 0.3) is 0 Å². The van der Waals surface area contributed by atoms with Crippen LogP contribution in [-0.4, -0.2) is 59.2 Å². The van der Waals surface area contributed by atoms with Crippen molar-refractivity contribution in [2.75, 3.05) is 19.6 Å². The summed E-state index contributed by atoms with van der Waals surface area (Å²) >= 11 is 3.35. The summed E-state index contributed by atoms with van der Waals surface area (Å²) in [5, 5.41) is 15.4. The van der Waals surface area contributed by atoms with Crippen LogP contribution < -0.4 is 10.7 Å². The summed E-state index contributed by atoms with van der Waals surface area (Å²) in [7, 11) is 0. The number of ether oxygens (including phenoxy) is 1. The van der Waals surface area contributed by atoms with Gasteiger partial charge in [0.1, 0.15) is 11.5 Å². The van der Waals surface area contributed by atoms with Crippen LogP contribution in [0.1, 0.15) is 25.3 Å². The highest BCUT2D eigenvalue weighted by atomic mass is 79.9. The number of carbonyl (C=O) groups excluding carboxylic acids is 1. The Morgan fingerprint density at radius 3 is 2.85 bits per heavy atom. The Morgan fingerprint density at radius 2 is 2.22 bits per heavy atom. The van der Waals surface area contributed by atoms with Crippen molar-refractivity contribution in [3.63, 3.8) is 0 Å². The summed E-state index contributed by atoms with van der Waals surface area (Å²) in [6, 6.07) is 4.07. The number of hydrogen-bond donors (Lipinski definition) is 3. The molecule has 10 heteroatoms. The van der Waals surface area contributed by atoms with Gasteiger partial charge >= 0.3 is 12.2 Å². The molecule has 1 aromatic carbocycles. The maximum absolute atomic E-state index is 13.4. The molecule has 8 nitrogen and oxygen atoms in total. The summed E-state index contributed by atoms with van der Waals surface area (Å²) in [5.41, 5.74) is 2.64. The number of carbonyl (C=O) groups is 2. The molecule has 2 aliphatic rings. The fraction of sp³-hybridized carbons (Fsp3) is 0.471. The van der Waals surface area contributed by atoms with Crippen LogP contribution in [0.2, 0.25) is 0 Å². The maximum atomic E-state index is 13.4. The highest BCUT2D eigenvalue weighted by Crippen LogP contribution is 2.35. The topological polar surface area (TPSA) is 103 Å². The zero-order valence-electron chi connectivity index (χ0n) is 14.7. The molecule has 1 aromatic rings. The van der Waals surface area contributed by atoms with Crippen LogP contribution in [0, 0.1) is 5.82 Å². The van der Waals surface area contributed by atoms with E-state index in [0.717, 1.165) is 0 Å². The van der Waals surface area contributed by atoms with E-state index in [0.29, 0.717) is 48.2 Å². The van der Waals surface area contributed by atoms with E-state index in [9.17, 15) is 14.0 Å². The van der Waals surface area contributed by atoms with Gasteiger partial charge in [-0.1, -0.05) is 15.9 Å². The lowest BCUT2D eigenvalue weighted by molar-refractivity contribution is 0.00490. The maximum Gasteiger partial charge on any atom is 0.428 e. The van der Waals surface area contributed by atoms with Gasteiger partial charge < -0.3 is 20.1 Å². The number of nitrogens with zero attached hydrogens (tertiary/aromatic N) is 2. The zero-order valence-corrected chi connectivity index (χ0v) is 16.3. The minimum Gasteiger partial charge on any atom is -0.465 e. The Kier molecular flexibility index (Phi) is 5.66. The number of rotatable bonds is 4. The molecule has 1 spiro atoms. The molecule has 146 valence electrons. The van der Waals surface area contributed by atoms with Crippen LogP contribution in [0.25, 0.3) is 0 Å². The highest BCUT2D eigenvalue weighted by molar-refractivity contribution is 9.10. The van der Waals surface area contributed by atoms with Crippen molar-refractivity contribution >= 4 is 33.8 Å². The molecule has 1 atom stereocenters. The molecule has 0 bridgehead atoms. The molecule has 0 saturated carbocycles. The molecule has 2 amide bonds. The van der Waals surface area contributed by atoms with Crippen molar-refractivity contribution < 1.29 is 23.8 Å². The third-order valence-electron chi connectivity index (χ3n) is 4.73. The van der Waals surface area contributed by atoms with Crippen LogP contribution in [0.15, 0.2) is 27.8 Å². The van der Waals surface area contributed by atoms with E-state index < -0.39 is 17.8 Å². The predicted octanol–water partition coefficient (Wildman–Crippen LogP) is 2.52. The number of halogens is 2. The molecule has 0 aromatic heterocycles. The number of hydrogen-bond acceptors (Lipinski definition) is 5. The highest BCUT2D eigenvalue weighted by Gasteiger charge is 2.46. The molecule has 3 rings (SSSR count). The Bertz CT molecular complexity index is 780. The fourth-order valence-corrected chi connectivity index (χ4v) is 4.06. The van der Waals surface area contributed by atoms with E-state index in [-0.39, 0.29) is 11.9 Å². The molecule has 0 unspecified atom stereocenters. The van der Waals surface area contributed by atoms with E-state index in [4.69, 9.17) is 9.84 Å². The molecule has 2 aliphatic heterocycles. The first kappa shape index (κ1) is 19.6. The van der Waals surface area contributed by atoms with E-state index in [2.05, 4.69) is 36.7 Å². The molecule has 0 radical (unpaired) electrons. The van der Waals surface area contributed by atoms with E-state index in [1.807, 2.05) is 0 Å². The van der Waals surface area contributed by atoms with Crippen LogP contribution in [0.5, 0.6) is 0 Å². The largest absolute Gasteiger partial charge is 0.465 e. The summed E-state index contributed by atoms with van der Waals surface area (Å²) in [5.74, 6) is -0.379. The summed E-state index contributed by atoms with van der Waals surface area (Å²) in [6.45, 7) is 3.57. The van der Waals surface area contributed by atoms with Crippen molar-refractivity contribution in [1.29, 1.82) is 0 Å². The van der Waals surface area contributed by atoms with Gasteiger partial charge in [-0.3, -0.25) is 0 Å². The zero-order chi connectivity index (χ0) is 19.6. The minimum atomic E-state index is -1.06. The second-order valence-corrected chi connectivity index (χ2v) is 7.59. The monoisotopic (exact) mass is 442 g/mol. The molecule has 0 aliphatic carbocycles. The number of hydrazone groups is 1. The van der Waals surface area contributed by atoms with Gasteiger partial charge in [-0.25, -0.2) is 19.4 Å². The molecule has 27 heavy (non-hydrogen) atoms. The van der Waals surface area contributed by atoms with Crippen molar-refractivity contribution in [1.82, 2.24) is 15.6 Å². The SMILES string of the molecule is C[C@@H](CN1CCC2(CC1)OC(=O)NN=C2c1ccc(F)cc1Br)NC(=O)O. The number of nitrogens with one attached hydrogen (secondary N) is 2. The Labute approximate surface area is 163 Å². The summed E-state index contributed by atoms with van der Waals surface area (Å²) in [6.07, 6.45) is -0.670. The molecule has 3 N–H and O–H groups in total. The number of amides is 2. The van der Waals surface area contributed by atoms with Gasteiger partial charge in [-0.05, 0) is 25.1 Å². The molecular formula is C17H20BrFN4O4. The Balaban J connectivity index is 1.77. The van der Waals surface area contributed by atoms with E-state index in [1.54, 1.807) is 13.0 Å². The van der Waals surface area contributed by atoms with Crippen LogP contribution in [-0.2, 0) is 4.74 Å². The lowest BCUT2D eigenvalue weighted by Gasteiger charge is -2.43. The number of benzene rings is 1. The van der Waals surface area contributed by atoms with Crippen LogP contribution >= 0.6 is 15.9 Å². The average Bonchev–Trinajstić information content (AvgIpc) is 2.57. The Hall–Kier alpha value is -2.20. The standard InChI is InChI=1S/C17H20BrFN4O4/c1-10(20-15(24)25)9-23-6-4-17(5-7-23)14(21-22-16(26)27-17)12-3-2-11(19)8-13(12)18/h2-3,8,10,20H,4-7,9H2,1H3,(H,22,26)(H,24,25)/t10-/m0/s1. The molecule has 2 heterocycles. The van der Waals surface area contributed by atoms with Gasteiger partial charge in [-0.15, -0.1) is 0 Å². The first-order valence-electron chi connectivity index (χ1n) is 8.53. The Morgan fingerprint density at radius 1 is 1.52 bits per heavy atom. The fourth-order valence-electron chi connectivity index (χ4n) is 3.52. The summed E-state index contributed by atoms with van der Waals surface area (Å²) < 4.78 is 19.6. The van der Waals surface area contributed by atoms with Gasteiger partial charge in [0.15, 0.2) is 5.60 Å². The van der Waals surface area contributed by atoms with E-state index >= 15 is 0 Å². The van der Waals surface area contributed by atoms with Gasteiger partial charge in [0.05, 0.1) is 0 Å². The van der Waals surface area contributed by atoms with Crippen molar-refractivity contribution in [2.24, 2.45) is 5.10 Å². The molecule has 1 fully saturated rings. The van der Waals surface area contributed by atoms with E-state index in [1.165, 1.54) is 12.1 Å². The average molecular weight is 443 g/mol. The number of likely N-dealkylation sites (tertiary alicyclic amines) is 1. The lowest BCUT2D eigenvalue weighted by atomic mass is 9.82. The normalized spacial score (nSPS) is 20.4. The quantitative estimate of drug-likeness (QED) is 0.664. The molecular weight excluding hydrogens is 423 g/mol. The first-order valence-corrected chi connectivity index (χ1v) is 9.33. The van der Waals surface area contributed by atoms with Crippen LogP contribution in [0.3, 0.4) is 0 Å². The second-order valence-electron chi connectivity index (χ2n) is 6.73. The predicted molar refractivity (Wildman–Crippen MR) is 99.3 cm³/mol. The number of carboxylic acid groups (broad SMARTS) is 1. The van der Waals surface area contributed by atoms with Gasteiger partial charge in [0.2, 0.25) is 0 Å². The number of piperidine rings is 1. The van der Waals surface area contributed by atoms with Crippen molar-refractivity contribution in [2.45, 2.75) is 31.4 Å². The van der Waals surface area contributed by atoms with Gasteiger partial charge in [-0.2, -0.15) is 5.10 Å². The molecule has 1 saturated heterocycles. The summed E-state index contributed by atoms with van der Waals surface area (Å²) in [4.78, 5) is 24.7. The second kappa shape index (κ2) is 7.81.